The minimum Gasteiger partial charge on any atom is -0.487 e. The molecule has 1 N–H and O–H groups in total. The molecule has 0 unspecified atom stereocenters. The standard InChI is InChI=1S/C26H30N2O5S2/c1-17(2)14-28(35(31,32)26-27-20(5)16-34-26)23-12-18(3)19(4)13-24(23)33-15-22-8-6-21(7-9-22)10-11-25(29)30/h6-13,16-17H,14-15H2,1-5H3,(H,29,30)/b11-10+. The van der Waals surface area contributed by atoms with E-state index in [9.17, 15) is 13.2 Å². The number of carbonyl (C=O) groups is 1. The van der Waals surface area contributed by atoms with Gasteiger partial charge in [0.25, 0.3) is 10.0 Å². The second kappa shape index (κ2) is 11.0. The van der Waals surface area contributed by atoms with Crippen molar-refractivity contribution >= 4 is 39.1 Å². The molecule has 0 aliphatic carbocycles. The number of anilines is 1. The fraction of sp³-hybridized carbons (Fsp3) is 0.308. The van der Waals surface area contributed by atoms with Crippen molar-refractivity contribution in [1.82, 2.24) is 4.98 Å². The zero-order valence-corrected chi connectivity index (χ0v) is 22.1. The molecule has 0 amide bonds. The summed E-state index contributed by atoms with van der Waals surface area (Å²) < 4.78 is 34.9. The van der Waals surface area contributed by atoms with E-state index in [0.717, 1.165) is 39.7 Å². The number of ether oxygens (including phenoxy) is 1. The van der Waals surface area contributed by atoms with E-state index in [-0.39, 0.29) is 23.4 Å². The van der Waals surface area contributed by atoms with E-state index >= 15 is 0 Å². The number of aryl methyl sites for hydroxylation is 3. The summed E-state index contributed by atoms with van der Waals surface area (Å²) in [5.74, 6) is -0.458. The number of thiazole rings is 1. The van der Waals surface area contributed by atoms with Crippen molar-refractivity contribution in [2.75, 3.05) is 10.8 Å². The molecule has 0 atom stereocenters. The van der Waals surface area contributed by atoms with Gasteiger partial charge in [0.05, 0.1) is 5.69 Å². The van der Waals surface area contributed by atoms with Crippen LogP contribution in [-0.4, -0.2) is 31.0 Å². The number of hydrogen-bond acceptors (Lipinski definition) is 6. The average Bonchev–Trinajstić information content (AvgIpc) is 3.24. The molecule has 35 heavy (non-hydrogen) atoms. The van der Waals surface area contributed by atoms with Crippen molar-refractivity contribution < 1.29 is 23.1 Å². The second-order valence-corrected chi connectivity index (χ2v) is 11.7. The first kappa shape index (κ1) is 26.4. The molecule has 3 rings (SSSR count). The molecule has 2 aromatic carbocycles. The Morgan fingerprint density at radius 1 is 1.14 bits per heavy atom. The lowest BCUT2D eigenvalue weighted by Gasteiger charge is -2.28. The van der Waals surface area contributed by atoms with Gasteiger partial charge in [0.15, 0.2) is 0 Å². The highest BCUT2D eigenvalue weighted by molar-refractivity contribution is 7.94. The van der Waals surface area contributed by atoms with Gasteiger partial charge in [0.1, 0.15) is 12.4 Å². The van der Waals surface area contributed by atoms with Crippen molar-refractivity contribution in [2.24, 2.45) is 5.92 Å². The lowest BCUT2D eigenvalue weighted by atomic mass is 10.1. The van der Waals surface area contributed by atoms with E-state index < -0.39 is 16.0 Å². The van der Waals surface area contributed by atoms with Crippen LogP contribution in [0.5, 0.6) is 5.75 Å². The maximum atomic E-state index is 13.6. The highest BCUT2D eigenvalue weighted by Crippen LogP contribution is 2.37. The molecule has 0 aliphatic rings. The highest BCUT2D eigenvalue weighted by atomic mass is 32.2. The number of hydrogen-bond donors (Lipinski definition) is 1. The zero-order valence-electron chi connectivity index (χ0n) is 20.5. The van der Waals surface area contributed by atoms with Gasteiger partial charge in [0, 0.05) is 23.7 Å². The van der Waals surface area contributed by atoms with Crippen LogP contribution in [-0.2, 0) is 21.4 Å². The predicted molar refractivity (Wildman–Crippen MR) is 140 cm³/mol. The van der Waals surface area contributed by atoms with E-state index in [4.69, 9.17) is 9.84 Å². The Labute approximate surface area is 210 Å². The molecule has 0 radical (unpaired) electrons. The molecule has 9 heteroatoms. The Kier molecular flexibility index (Phi) is 8.34. The monoisotopic (exact) mass is 514 g/mol. The maximum Gasteiger partial charge on any atom is 0.328 e. The van der Waals surface area contributed by atoms with E-state index in [2.05, 4.69) is 4.98 Å². The third kappa shape index (κ3) is 6.70. The summed E-state index contributed by atoms with van der Waals surface area (Å²) in [6, 6.07) is 11.0. The Balaban J connectivity index is 1.96. The van der Waals surface area contributed by atoms with Gasteiger partial charge >= 0.3 is 5.97 Å². The summed E-state index contributed by atoms with van der Waals surface area (Å²) in [5, 5.41) is 10.5. The van der Waals surface area contributed by atoms with Crippen molar-refractivity contribution in [3.63, 3.8) is 0 Å². The van der Waals surface area contributed by atoms with Crippen molar-refractivity contribution in [3.8, 4) is 5.75 Å². The third-order valence-electron chi connectivity index (χ3n) is 5.28. The molecule has 0 saturated heterocycles. The molecular weight excluding hydrogens is 484 g/mol. The summed E-state index contributed by atoms with van der Waals surface area (Å²) in [7, 11) is -3.88. The van der Waals surface area contributed by atoms with Crippen LogP contribution in [0.15, 0.2) is 52.2 Å². The first-order chi connectivity index (χ1) is 16.5. The zero-order chi connectivity index (χ0) is 25.8. The van der Waals surface area contributed by atoms with Crippen LogP contribution >= 0.6 is 11.3 Å². The van der Waals surface area contributed by atoms with Crippen LogP contribution < -0.4 is 9.04 Å². The van der Waals surface area contributed by atoms with Gasteiger partial charge in [0.2, 0.25) is 4.34 Å². The van der Waals surface area contributed by atoms with Gasteiger partial charge in [-0.3, -0.25) is 4.31 Å². The highest BCUT2D eigenvalue weighted by Gasteiger charge is 2.31. The summed E-state index contributed by atoms with van der Waals surface area (Å²) in [6.07, 6.45) is 2.60. The fourth-order valence-electron chi connectivity index (χ4n) is 3.34. The summed E-state index contributed by atoms with van der Waals surface area (Å²) in [6.45, 7) is 10.1. The Bertz CT molecular complexity index is 1330. The molecule has 1 heterocycles. The molecule has 7 nitrogen and oxygen atoms in total. The van der Waals surface area contributed by atoms with Crippen LogP contribution in [0.3, 0.4) is 0 Å². The number of benzene rings is 2. The van der Waals surface area contributed by atoms with Crippen LogP contribution in [0.4, 0.5) is 5.69 Å². The third-order valence-corrected chi connectivity index (χ3v) is 8.41. The van der Waals surface area contributed by atoms with Crippen molar-refractivity contribution in [1.29, 1.82) is 0 Å². The van der Waals surface area contributed by atoms with Crippen LogP contribution in [0.1, 0.15) is 41.8 Å². The van der Waals surface area contributed by atoms with E-state index in [0.29, 0.717) is 17.1 Å². The Morgan fingerprint density at radius 3 is 2.37 bits per heavy atom. The maximum absolute atomic E-state index is 13.6. The van der Waals surface area contributed by atoms with Gasteiger partial charge in [-0.2, -0.15) is 8.42 Å². The van der Waals surface area contributed by atoms with Crippen molar-refractivity contribution in [2.45, 2.75) is 45.6 Å². The SMILES string of the molecule is Cc1csc(S(=O)(=O)N(CC(C)C)c2cc(C)c(C)cc2OCc2ccc(/C=C/C(=O)O)cc2)n1. The molecule has 0 bridgehead atoms. The number of carboxylic acid groups (broad SMARTS) is 1. The second-order valence-electron chi connectivity index (χ2n) is 8.79. The van der Waals surface area contributed by atoms with E-state index in [1.165, 1.54) is 10.4 Å². The number of aromatic nitrogens is 1. The smallest absolute Gasteiger partial charge is 0.328 e. The molecule has 0 spiro atoms. The Hall–Kier alpha value is -3.17. The minimum absolute atomic E-state index is 0.0600. The number of rotatable bonds is 10. The number of nitrogens with zero attached hydrogens (tertiary/aromatic N) is 2. The van der Waals surface area contributed by atoms with Gasteiger partial charge in [-0.05, 0) is 67.2 Å². The van der Waals surface area contributed by atoms with Gasteiger partial charge < -0.3 is 9.84 Å². The van der Waals surface area contributed by atoms with E-state index in [1.807, 2.05) is 52.0 Å². The van der Waals surface area contributed by atoms with E-state index in [1.54, 1.807) is 24.4 Å². The molecular formula is C26H30N2O5S2. The van der Waals surface area contributed by atoms with Crippen LogP contribution in [0.2, 0.25) is 0 Å². The topological polar surface area (TPSA) is 96.8 Å². The number of carboxylic acids is 1. The lowest BCUT2D eigenvalue weighted by molar-refractivity contribution is -0.131. The summed E-state index contributed by atoms with van der Waals surface area (Å²) >= 11 is 1.11. The normalized spacial score (nSPS) is 11.8. The van der Waals surface area contributed by atoms with Crippen LogP contribution in [0, 0.1) is 26.7 Å². The minimum atomic E-state index is -3.88. The molecule has 0 saturated carbocycles. The lowest BCUT2D eigenvalue weighted by Crippen LogP contribution is -2.34. The Morgan fingerprint density at radius 2 is 1.80 bits per heavy atom. The number of sulfonamides is 1. The summed E-state index contributed by atoms with van der Waals surface area (Å²) in [5.41, 5.74) is 4.73. The fourth-order valence-corrected chi connectivity index (χ4v) is 6.11. The average molecular weight is 515 g/mol. The number of aliphatic carboxylic acids is 1. The largest absolute Gasteiger partial charge is 0.487 e. The summed E-state index contributed by atoms with van der Waals surface area (Å²) in [4.78, 5) is 14.9. The molecule has 3 aromatic rings. The first-order valence-corrected chi connectivity index (χ1v) is 13.5. The molecule has 1 aromatic heterocycles. The molecule has 0 aliphatic heterocycles. The van der Waals surface area contributed by atoms with Gasteiger partial charge in [-0.1, -0.05) is 38.1 Å². The van der Waals surface area contributed by atoms with Crippen molar-refractivity contribution in [3.05, 3.63) is 75.8 Å². The molecule has 186 valence electrons. The van der Waals surface area contributed by atoms with Crippen LogP contribution in [0.25, 0.3) is 6.08 Å². The molecule has 0 fully saturated rings. The van der Waals surface area contributed by atoms with Gasteiger partial charge in [-0.15, -0.1) is 11.3 Å². The predicted octanol–water partition coefficient (Wildman–Crippen LogP) is 5.60. The van der Waals surface area contributed by atoms with Gasteiger partial charge in [-0.25, -0.2) is 9.78 Å². The first-order valence-electron chi connectivity index (χ1n) is 11.2. The quantitative estimate of drug-likeness (QED) is 0.354.